The summed E-state index contributed by atoms with van der Waals surface area (Å²) in [4.78, 5) is 76.8. The Hall–Kier alpha value is -5.88. The predicted molar refractivity (Wildman–Crippen MR) is 252 cm³/mol. The molecule has 1 aliphatic carbocycles. The van der Waals surface area contributed by atoms with Crippen molar-refractivity contribution in [3.8, 4) is 28.1 Å². The molecule has 2 aromatic carbocycles. The second kappa shape index (κ2) is 19.4. The third-order valence-corrected chi connectivity index (χ3v) is 13.4. The average Bonchev–Trinajstić information content (AvgIpc) is 3.83. The lowest BCUT2D eigenvalue weighted by Gasteiger charge is -2.37. The number of aromatic nitrogens is 2. The van der Waals surface area contributed by atoms with Gasteiger partial charge >= 0.3 is 5.97 Å². The number of pyridine rings is 1. The van der Waals surface area contributed by atoms with Gasteiger partial charge in [-0.2, -0.15) is 0 Å². The number of hydrogen-bond acceptors (Lipinski definition) is 12. The zero-order valence-corrected chi connectivity index (χ0v) is 40.1. The van der Waals surface area contributed by atoms with Gasteiger partial charge in [0.2, 0.25) is 17.7 Å². The average molecular weight is 923 g/mol. The van der Waals surface area contributed by atoms with E-state index in [0.29, 0.717) is 36.9 Å². The number of carbonyl (C=O) groups is 5. The van der Waals surface area contributed by atoms with Gasteiger partial charge in [-0.3, -0.25) is 34.0 Å². The summed E-state index contributed by atoms with van der Waals surface area (Å²) in [6.07, 6.45) is 2.93. The molecule has 6 N–H and O–H groups in total. The molecule has 0 radical (unpaired) electrons. The van der Waals surface area contributed by atoms with Gasteiger partial charge in [0, 0.05) is 75.2 Å². The number of cyclic esters (lactones) is 1. The summed E-state index contributed by atoms with van der Waals surface area (Å²) in [5.74, 6) is -3.93. The number of benzene rings is 2. The number of nitrogens with two attached hydrogens (primary N) is 1. The van der Waals surface area contributed by atoms with Crippen molar-refractivity contribution in [1.29, 1.82) is 0 Å². The molecule has 17 nitrogen and oxygen atoms in total. The van der Waals surface area contributed by atoms with E-state index in [4.69, 9.17) is 20.2 Å². The molecular formula is C50H66N8O9. The van der Waals surface area contributed by atoms with Crippen LogP contribution in [-0.2, 0) is 52.8 Å². The number of nitrogens with zero attached hydrogens (tertiary/aromatic N) is 5. The summed E-state index contributed by atoms with van der Waals surface area (Å²) in [7, 11) is 4.56. The fourth-order valence-electron chi connectivity index (χ4n) is 9.63. The number of carbonyl (C=O) groups excluding carboxylic acids is 5. The van der Waals surface area contributed by atoms with Crippen molar-refractivity contribution >= 4 is 40.5 Å². The number of aliphatic hydroxyl groups is 1. The molecule has 4 aromatic rings. The number of aryl methyl sites for hydroxylation is 1. The monoisotopic (exact) mass is 922 g/mol. The molecule has 4 heterocycles. The number of amides is 4. The predicted octanol–water partition coefficient (Wildman–Crippen LogP) is 4.06. The van der Waals surface area contributed by atoms with Crippen LogP contribution in [0.15, 0.2) is 54.7 Å². The quantitative estimate of drug-likeness (QED) is 0.106. The van der Waals surface area contributed by atoms with Crippen molar-refractivity contribution in [2.24, 2.45) is 23.0 Å². The van der Waals surface area contributed by atoms with Crippen molar-refractivity contribution in [3.05, 3.63) is 71.5 Å². The molecule has 360 valence electrons. The highest BCUT2D eigenvalue weighted by molar-refractivity contribution is 5.96. The maximum atomic E-state index is 14.7. The SMILES string of the molecule is CCn1c(-c2cccnc2[C@H](C)OC)c2c3cc(ccc31)-c1cc(O)cc(c1)C[C@H](NC(=O)[C@H](C(C)C)N(C)C(=O)CN(C)C(=O)[C@@H]1C[C@]1(N)O)C(=O)N1CCC[C@H](N1)C(=O)OCC(C)(C)C2. The van der Waals surface area contributed by atoms with Crippen molar-refractivity contribution in [2.45, 2.75) is 110 Å². The molecule has 6 bridgehead atoms. The van der Waals surface area contributed by atoms with Crippen LogP contribution in [0.3, 0.4) is 0 Å². The van der Waals surface area contributed by atoms with Gasteiger partial charge in [0.05, 0.1) is 36.6 Å². The molecule has 0 unspecified atom stereocenters. The summed E-state index contributed by atoms with van der Waals surface area (Å²) in [5, 5.41) is 26.6. The molecule has 2 aromatic heterocycles. The number of esters is 1. The Balaban J connectivity index is 1.29. The first-order valence-corrected chi connectivity index (χ1v) is 23.2. The summed E-state index contributed by atoms with van der Waals surface area (Å²) in [6, 6.07) is 12.2. The van der Waals surface area contributed by atoms with Gasteiger partial charge in [0.1, 0.15) is 29.6 Å². The minimum atomic E-state index is -1.61. The Morgan fingerprint density at radius 1 is 1.09 bits per heavy atom. The molecule has 4 amide bonds. The number of phenols is 1. The maximum Gasteiger partial charge on any atom is 0.324 e. The molecule has 17 heteroatoms. The van der Waals surface area contributed by atoms with Crippen molar-refractivity contribution in [3.63, 3.8) is 0 Å². The molecule has 2 aliphatic heterocycles. The van der Waals surface area contributed by atoms with Crippen molar-refractivity contribution < 1.29 is 43.7 Å². The highest BCUT2D eigenvalue weighted by Crippen LogP contribution is 2.43. The molecule has 1 saturated carbocycles. The summed E-state index contributed by atoms with van der Waals surface area (Å²) in [6.45, 7) is 12.3. The van der Waals surface area contributed by atoms with Crippen molar-refractivity contribution in [2.75, 3.05) is 40.9 Å². The zero-order chi connectivity index (χ0) is 48.7. The summed E-state index contributed by atoms with van der Waals surface area (Å²) < 4.78 is 14.2. The molecule has 0 spiro atoms. The number of methoxy groups -OCH3 is 1. The Morgan fingerprint density at radius 2 is 1.82 bits per heavy atom. The minimum Gasteiger partial charge on any atom is -0.508 e. The van der Waals surface area contributed by atoms with Gasteiger partial charge in [-0.25, -0.2) is 5.43 Å². The van der Waals surface area contributed by atoms with Gasteiger partial charge in [-0.15, -0.1) is 0 Å². The number of aromatic hydroxyl groups is 1. The van der Waals surface area contributed by atoms with Gasteiger partial charge in [0.15, 0.2) is 0 Å². The van der Waals surface area contributed by atoms with Crippen LogP contribution >= 0.6 is 0 Å². The summed E-state index contributed by atoms with van der Waals surface area (Å²) in [5.41, 5.74) is 13.4. The Bertz CT molecular complexity index is 2550. The van der Waals surface area contributed by atoms with E-state index in [-0.39, 0.29) is 44.4 Å². The van der Waals surface area contributed by atoms with E-state index >= 15 is 0 Å². The van der Waals surface area contributed by atoms with Gasteiger partial charge < -0.3 is 45.1 Å². The maximum absolute atomic E-state index is 14.7. The number of fused-ring (bicyclic) bond motifs is 6. The normalized spacial score (nSPS) is 22.7. The van der Waals surface area contributed by atoms with E-state index in [9.17, 15) is 34.2 Å². The van der Waals surface area contributed by atoms with Crippen LogP contribution in [0.4, 0.5) is 0 Å². The second-order valence-electron chi connectivity index (χ2n) is 19.7. The van der Waals surface area contributed by atoms with E-state index in [2.05, 4.69) is 54.3 Å². The van der Waals surface area contributed by atoms with Crippen LogP contribution in [0.25, 0.3) is 33.3 Å². The van der Waals surface area contributed by atoms with Crippen molar-refractivity contribution in [1.82, 2.24) is 35.1 Å². The van der Waals surface area contributed by atoms with E-state index in [1.165, 1.54) is 28.9 Å². The number of rotatable bonds is 11. The van der Waals surface area contributed by atoms with E-state index < -0.39 is 70.7 Å². The van der Waals surface area contributed by atoms with Crippen LogP contribution < -0.4 is 16.5 Å². The number of phenolic OH excluding ortho intramolecular Hbond substituents is 1. The highest BCUT2D eigenvalue weighted by atomic mass is 16.5. The smallest absolute Gasteiger partial charge is 0.324 e. The van der Waals surface area contributed by atoms with Crippen LogP contribution in [-0.4, -0.2) is 129 Å². The van der Waals surface area contributed by atoms with Crippen LogP contribution in [0.2, 0.25) is 0 Å². The Labute approximate surface area is 391 Å². The molecule has 6 atom stereocenters. The standard InChI is InChI=1S/C50H66N8O9/c1-10-57-40-16-15-31-23-35(40)36(44(57)34-13-11-17-52-42(34)29(4)66-9)24-49(5,6)27-67-48(64)38-14-12-18-58(54-38)47(63)39(21-30-19-32(31)22-33(59)20-30)53-45(61)43(28(2)3)56(8)41(60)26-55(7)46(62)37-25-50(37,51)65/h11,13,15-17,19-20,22-23,28-29,37-39,43,54,59,65H,10,12,14,18,21,24-27,51H2,1-9H3,(H,53,61)/t29-,37-,38-,39-,43-,50-/m0/s1. The molecular weight excluding hydrogens is 857 g/mol. The number of hydrogen-bond donors (Lipinski definition) is 5. The topological polar surface area (TPSA) is 222 Å². The number of likely N-dealkylation sites (N-methyl/N-ethyl adjacent to an activating group) is 2. The number of hydrazine groups is 1. The fraction of sp³-hybridized carbons (Fsp3) is 0.520. The molecule has 1 saturated heterocycles. The van der Waals surface area contributed by atoms with Gasteiger partial charge in [-0.1, -0.05) is 39.8 Å². The first kappa shape index (κ1) is 49.0. The number of nitrogens with one attached hydrogen (secondary N) is 2. The highest BCUT2D eigenvalue weighted by Gasteiger charge is 2.55. The molecule has 3 aliphatic rings. The lowest BCUT2D eigenvalue weighted by atomic mass is 9.84. The molecule has 2 fully saturated rings. The fourth-order valence-corrected chi connectivity index (χ4v) is 9.63. The first-order valence-electron chi connectivity index (χ1n) is 23.2. The number of ether oxygens (including phenoxy) is 2. The van der Waals surface area contributed by atoms with Crippen LogP contribution in [0.5, 0.6) is 5.75 Å². The van der Waals surface area contributed by atoms with Crippen LogP contribution in [0, 0.1) is 17.3 Å². The minimum absolute atomic E-state index is 0.0384. The van der Waals surface area contributed by atoms with E-state index in [0.717, 1.165) is 39.0 Å². The second-order valence-corrected chi connectivity index (χ2v) is 19.7. The van der Waals surface area contributed by atoms with E-state index in [1.807, 2.05) is 25.1 Å². The lowest BCUT2D eigenvalue weighted by Crippen LogP contribution is -2.62. The van der Waals surface area contributed by atoms with Crippen LogP contribution in [0.1, 0.15) is 83.7 Å². The van der Waals surface area contributed by atoms with Gasteiger partial charge in [0.25, 0.3) is 5.91 Å². The van der Waals surface area contributed by atoms with E-state index in [1.54, 1.807) is 39.3 Å². The third kappa shape index (κ3) is 10.3. The Kier molecular flexibility index (Phi) is 14.2. The lowest BCUT2D eigenvalue weighted by molar-refractivity contribution is -0.155. The summed E-state index contributed by atoms with van der Waals surface area (Å²) >= 11 is 0. The third-order valence-electron chi connectivity index (χ3n) is 13.4. The largest absolute Gasteiger partial charge is 0.508 e. The molecule has 67 heavy (non-hydrogen) atoms. The first-order chi connectivity index (χ1) is 31.6. The Morgan fingerprint density at radius 3 is 2.49 bits per heavy atom. The zero-order valence-electron chi connectivity index (χ0n) is 40.1. The van der Waals surface area contributed by atoms with Gasteiger partial charge in [-0.05, 0) is 97.7 Å². The molecule has 7 rings (SSSR count).